The van der Waals surface area contributed by atoms with Crippen molar-refractivity contribution in [3.05, 3.63) is 71.6 Å². The molecule has 9 nitrogen and oxygen atoms in total. The van der Waals surface area contributed by atoms with E-state index in [1.807, 2.05) is 30.3 Å². The molecule has 1 fully saturated rings. The standard InChI is InChI=1S/C21H23ClN6O3S/c22-18-5-1-2-6-19(18)28-16-17(15-25-28)21(29)24-9-14-32(30,31)27-12-10-26(11-13-27)20-7-3-4-8-23-20/h1-8,15-16H,9-14H2,(H,24,29). The van der Waals surface area contributed by atoms with E-state index in [9.17, 15) is 13.2 Å². The van der Waals surface area contributed by atoms with Gasteiger partial charge in [-0.05, 0) is 24.3 Å². The molecule has 0 spiro atoms. The second-order valence-corrected chi connectivity index (χ2v) is 9.77. The van der Waals surface area contributed by atoms with E-state index in [1.54, 1.807) is 24.5 Å². The first-order chi connectivity index (χ1) is 15.4. The van der Waals surface area contributed by atoms with E-state index in [1.165, 1.54) is 15.2 Å². The number of halogens is 1. The first kappa shape index (κ1) is 22.3. The Balaban J connectivity index is 1.28. The van der Waals surface area contributed by atoms with Crippen LogP contribution in [0.1, 0.15) is 10.4 Å². The first-order valence-electron chi connectivity index (χ1n) is 10.2. The third-order valence-corrected chi connectivity index (χ3v) is 7.39. The van der Waals surface area contributed by atoms with Crippen LogP contribution in [0.25, 0.3) is 5.69 Å². The van der Waals surface area contributed by atoms with Gasteiger partial charge in [0, 0.05) is 45.1 Å². The minimum atomic E-state index is -3.48. The van der Waals surface area contributed by atoms with Crippen molar-refractivity contribution < 1.29 is 13.2 Å². The van der Waals surface area contributed by atoms with Gasteiger partial charge in [-0.15, -0.1) is 0 Å². The summed E-state index contributed by atoms with van der Waals surface area (Å²) >= 11 is 6.16. The van der Waals surface area contributed by atoms with Crippen LogP contribution in [0.4, 0.5) is 5.82 Å². The molecule has 1 saturated heterocycles. The summed E-state index contributed by atoms with van der Waals surface area (Å²) < 4.78 is 28.3. The lowest BCUT2D eigenvalue weighted by Crippen LogP contribution is -2.50. The number of pyridine rings is 1. The summed E-state index contributed by atoms with van der Waals surface area (Å²) in [5, 5.41) is 7.33. The molecule has 0 unspecified atom stereocenters. The van der Waals surface area contributed by atoms with Crippen LogP contribution in [0, 0.1) is 0 Å². The van der Waals surface area contributed by atoms with Gasteiger partial charge in [0.05, 0.1) is 28.2 Å². The number of sulfonamides is 1. The monoisotopic (exact) mass is 474 g/mol. The molecule has 32 heavy (non-hydrogen) atoms. The van der Waals surface area contributed by atoms with E-state index < -0.39 is 15.9 Å². The van der Waals surface area contributed by atoms with Crippen molar-refractivity contribution in [2.75, 3.05) is 43.4 Å². The Morgan fingerprint density at radius 2 is 1.81 bits per heavy atom. The van der Waals surface area contributed by atoms with Crippen LogP contribution in [0.5, 0.6) is 0 Å². The third kappa shape index (κ3) is 5.09. The Morgan fingerprint density at radius 3 is 2.53 bits per heavy atom. The van der Waals surface area contributed by atoms with E-state index >= 15 is 0 Å². The zero-order valence-electron chi connectivity index (χ0n) is 17.3. The van der Waals surface area contributed by atoms with Gasteiger partial charge in [0.15, 0.2) is 0 Å². The molecule has 4 rings (SSSR count). The Hall–Kier alpha value is -2.95. The van der Waals surface area contributed by atoms with Crippen LogP contribution < -0.4 is 10.2 Å². The number of hydrogen-bond donors (Lipinski definition) is 1. The molecule has 1 N–H and O–H groups in total. The summed E-state index contributed by atoms with van der Waals surface area (Å²) in [6, 6.07) is 12.8. The van der Waals surface area contributed by atoms with Crippen LogP contribution in [0.3, 0.4) is 0 Å². The molecule has 11 heteroatoms. The predicted molar refractivity (Wildman–Crippen MR) is 123 cm³/mol. The van der Waals surface area contributed by atoms with Crippen molar-refractivity contribution in [2.24, 2.45) is 0 Å². The van der Waals surface area contributed by atoms with E-state index in [0.717, 1.165) is 5.82 Å². The van der Waals surface area contributed by atoms with E-state index in [-0.39, 0.29) is 12.3 Å². The summed E-state index contributed by atoms with van der Waals surface area (Å²) in [4.78, 5) is 18.8. The molecule has 3 heterocycles. The molecular weight excluding hydrogens is 452 g/mol. The number of carbonyl (C=O) groups excluding carboxylic acids is 1. The van der Waals surface area contributed by atoms with Crippen molar-refractivity contribution in [1.82, 2.24) is 24.4 Å². The maximum absolute atomic E-state index is 12.7. The van der Waals surface area contributed by atoms with Crippen molar-refractivity contribution in [1.29, 1.82) is 0 Å². The quantitative estimate of drug-likeness (QED) is 0.560. The van der Waals surface area contributed by atoms with Gasteiger partial charge in [0.1, 0.15) is 5.82 Å². The summed E-state index contributed by atoms with van der Waals surface area (Å²) in [7, 11) is -3.48. The Kier molecular flexibility index (Phi) is 6.73. The Labute approximate surface area is 191 Å². The minimum absolute atomic E-state index is 0.0128. The number of rotatable bonds is 7. The molecule has 1 amide bonds. The maximum atomic E-state index is 12.7. The molecule has 1 aromatic carbocycles. The number of para-hydroxylation sites is 1. The topological polar surface area (TPSA) is 100 Å². The highest BCUT2D eigenvalue weighted by atomic mass is 35.5. The SMILES string of the molecule is O=C(NCCS(=O)(=O)N1CCN(c2ccccn2)CC1)c1cnn(-c2ccccc2Cl)c1. The lowest BCUT2D eigenvalue weighted by atomic mass is 10.3. The molecule has 3 aromatic rings. The van der Waals surface area contributed by atoms with Crippen molar-refractivity contribution in [3.63, 3.8) is 0 Å². The van der Waals surface area contributed by atoms with Crippen molar-refractivity contribution >= 4 is 33.3 Å². The second-order valence-electron chi connectivity index (χ2n) is 7.27. The van der Waals surface area contributed by atoms with Gasteiger partial charge in [-0.25, -0.2) is 18.1 Å². The van der Waals surface area contributed by atoms with Crippen LogP contribution in [-0.4, -0.2) is 71.9 Å². The molecule has 0 radical (unpaired) electrons. The highest BCUT2D eigenvalue weighted by molar-refractivity contribution is 7.89. The summed E-state index contributed by atoms with van der Waals surface area (Å²) in [6.45, 7) is 1.93. The average molecular weight is 475 g/mol. The van der Waals surface area contributed by atoms with E-state index in [4.69, 9.17) is 11.6 Å². The lowest BCUT2D eigenvalue weighted by molar-refractivity contribution is 0.0956. The third-order valence-electron chi connectivity index (χ3n) is 5.19. The number of carbonyl (C=O) groups is 1. The molecular formula is C21H23ClN6O3S. The first-order valence-corrected chi connectivity index (χ1v) is 12.1. The smallest absolute Gasteiger partial charge is 0.254 e. The molecule has 0 aliphatic carbocycles. The van der Waals surface area contributed by atoms with Gasteiger partial charge in [-0.2, -0.15) is 9.40 Å². The van der Waals surface area contributed by atoms with Crippen LogP contribution >= 0.6 is 11.6 Å². The zero-order chi connectivity index (χ0) is 22.6. The highest BCUT2D eigenvalue weighted by Gasteiger charge is 2.27. The highest BCUT2D eigenvalue weighted by Crippen LogP contribution is 2.19. The molecule has 0 bridgehead atoms. The van der Waals surface area contributed by atoms with Crippen LogP contribution in [0.15, 0.2) is 61.1 Å². The van der Waals surface area contributed by atoms with Gasteiger partial charge >= 0.3 is 0 Å². The number of nitrogens with zero attached hydrogens (tertiary/aromatic N) is 5. The molecule has 1 aliphatic rings. The van der Waals surface area contributed by atoms with Gasteiger partial charge in [0.2, 0.25) is 10.0 Å². The Morgan fingerprint density at radius 1 is 1.06 bits per heavy atom. The lowest BCUT2D eigenvalue weighted by Gasteiger charge is -2.34. The van der Waals surface area contributed by atoms with Crippen LogP contribution in [0.2, 0.25) is 5.02 Å². The zero-order valence-corrected chi connectivity index (χ0v) is 18.8. The predicted octanol–water partition coefficient (Wildman–Crippen LogP) is 1.80. The maximum Gasteiger partial charge on any atom is 0.254 e. The van der Waals surface area contributed by atoms with Crippen molar-refractivity contribution in [3.8, 4) is 5.69 Å². The van der Waals surface area contributed by atoms with Crippen LogP contribution in [-0.2, 0) is 10.0 Å². The second kappa shape index (κ2) is 9.68. The number of hydrogen-bond acceptors (Lipinski definition) is 6. The fourth-order valence-corrected chi connectivity index (χ4v) is 5.03. The van der Waals surface area contributed by atoms with Crippen molar-refractivity contribution in [2.45, 2.75) is 0 Å². The number of piperazine rings is 1. The number of anilines is 1. The number of benzene rings is 1. The van der Waals surface area contributed by atoms with Gasteiger partial charge in [-0.3, -0.25) is 4.79 Å². The van der Waals surface area contributed by atoms with Gasteiger partial charge in [0.25, 0.3) is 5.91 Å². The molecule has 2 aromatic heterocycles. The van der Waals surface area contributed by atoms with Gasteiger partial charge < -0.3 is 10.2 Å². The number of nitrogens with one attached hydrogen (secondary N) is 1. The average Bonchev–Trinajstić information content (AvgIpc) is 3.30. The summed E-state index contributed by atoms with van der Waals surface area (Å²) in [5.41, 5.74) is 0.979. The summed E-state index contributed by atoms with van der Waals surface area (Å²) in [6.07, 6.45) is 4.70. The molecule has 1 aliphatic heterocycles. The molecule has 168 valence electrons. The number of amides is 1. The molecule has 0 atom stereocenters. The minimum Gasteiger partial charge on any atom is -0.354 e. The Bertz CT molecular complexity index is 1180. The fourth-order valence-electron chi connectivity index (χ4n) is 3.47. The normalized spacial score (nSPS) is 15.0. The van der Waals surface area contributed by atoms with Gasteiger partial charge in [-0.1, -0.05) is 29.8 Å². The largest absolute Gasteiger partial charge is 0.354 e. The summed E-state index contributed by atoms with van der Waals surface area (Å²) in [5.74, 6) is 0.286. The van der Waals surface area contributed by atoms with E-state index in [0.29, 0.717) is 42.5 Å². The molecule has 0 saturated carbocycles. The van der Waals surface area contributed by atoms with E-state index in [2.05, 4.69) is 20.3 Å². The fraction of sp³-hybridized carbons (Fsp3) is 0.286. The number of aromatic nitrogens is 3.